The number of nitrogens with one attached hydrogen (secondary N) is 2. The van der Waals surface area contributed by atoms with Crippen molar-refractivity contribution in [3.63, 3.8) is 0 Å². The first kappa shape index (κ1) is 21.9. The molecule has 0 aliphatic rings. The maximum atomic E-state index is 13.2. The van der Waals surface area contributed by atoms with Crippen molar-refractivity contribution in [3.8, 4) is 5.75 Å². The first-order chi connectivity index (χ1) is 13.2. The summed E-state index contributed by atoms with van der Waals surface area (Å²) in [6.45, 7) is 3.00. The molecule has 0 aliphatic heterocycles. The molecule has 0 amide bonds. The van der Waals surface area contributed by atoms with Gasteiger partial charge in [-0.25, -0.2) is 4.39 Å². The Bertz CT molecular complexity index is 930. The van der Waals surface area contributed by atoms with Gasteiger partial charge in [0.1, 0.15) is 17.7 Å². The van der Waals surface area contributed by atoms with Crippen LogP contribution in [0.2, 0.25) is 0 Å². The van der Waals surface area contributed by atoms with Gasteiger partial charge in [0.15, 0.2) is 5.96 Å². The largest absolute Gasteiger partial charge is 0.489 e. The monoisotopic (exact) mass is 494 g/mol. The highest BCUT2D eigenvalue weighted by Gasteiger charge is 2.08. The molecule has 1 heterocycles. The second-order valence-electron chi connectivity index (χ2n) is 6.17. The molecule has 2 N–H and O–H groups in total. The summed E-state index contributed by atoms with van der Waals surface area (Å²) < 4.78 is 18.9. The number of ether oxygens (including phenoxy) is 1. The fraction of sp³-hybridized carbons (Fsp3) is 0.238. The topological polar surface area (TPSA) is 58.5 Å². The number of hydrogen-bond donors (Lipinski definition) is 2. The van der Waals surface area contributed by atoms with E-state index in [1.807, 2.05) is 31.3 Å². The average molecular weight is 494 g/mol. The van der Waals surface area contributed by atoms with Crippen molar-refractivity contribution in [1.82, 2.24) is 15.6 Å². The van der Waals surface area contributed by atoms with Crippen molar-refractivity contribution in [2.75, 3.05) is 13.6 Å². The molecule has 2 aromatic carbocycles. The third-order valence-electron chi connectivity index (χ3n) is 4.09. The van der Waals surface area contributed by atoms with E-state index in [-0.39, 0.29) is 35.9 Å². The van der Waals surface area contributed by atoms with Crippen LogP contribution in [0.25, 0.3) is 10.8 Å². The molecule has 3 rings (SSSR count). The Morgan fingerprint density at radius 1 is 1.14 bits per heavy atom. The average Bonchev–Trinajstić information content (AvgIpc) is 2.68. The van der Waals surface area contributed by atoms with Crippen molar-refractivity contribution < 1.29 is 9.13 Å². The molecule has 7 heteroatoms. The first-order valence-electron chi connectivity index (χ1n) is 8.85. The van der Waals surface area contributed by atoms with Gasteiger partial charge in [-0.2, -0.15) is 0 Å². The van der Waals surface area contributed by atoms with Crippen LogP contribution in [0.1, 0.15) is 12.6 Å². The second-order valence-corrected chi connectivity index (χ2v) is 6.17. The molecule has 0 radical (unpaired) electrons. The molecular formula is C21H24FIN4O. The number of nitrogens with zero attached hydrogens (tertiary/aromatic N) is 2. The normalized spacial score (nSPS) is 12.2. The molecule has 28 heavy (non-hydrogen) atoms. The van der Waals surface area contributed by atoms with E-state index >= 15 is 0 Å². The first-order valence-corrected chi connectivity index (χ1v) is 8.85. The van der Waals surface area contributed by atoms with Crippen LogP contribution in [0.4, 0.5) is 4.39 Å². The van der Waals surface area contributed by atoms with Crippen LogP contribution in [0.15, 0.2) is 65.8 Å². The van der Waals surface area contributed by atoms with E-state index in [9.17, 15) is 4.39 Å². The number of rotatable bonds is 6. The van der Waals surface area contributed by atoms with Crippen LogP contribution in [0.3, 0.4) is 0 Å². The van der Waals surface area contributed by atoms with Gasteiger partial charge < -0.3 is 15.4 Å². The van der Waals surface area contributed by atoms with E-state index in [2.05, 4.69) is 32.7 Å². The lowest BCUT2D eigenvalue weighted by Crippen LogP contribution is -2.41. The molecule has 3 aromatic rings. The van der Waals surface area contributed by atoms with Crippen LogP contribution in [-0.2, 0) is 6.54 Å². The van der Waals surface area contributed by atoms with Gasteiger partial charge in [0.2, 0.25) is 0 Å². The number of fused-ring (bicyclic) bond motifs is 1. The predicted octanol–water partition coefficient (Wildman–Crippen LogP) is 4.12. The number of benzene rings is 2. The zero-order chi connectivity index (χ0) is 19.1. The van der Waals surface area contributed by atoms with Crippen molar-refractivity contribution in [2.24, 2.45) is 4.99 Å². The molecule has 148 valence electrons. The van der Waals surface area contributed by atoms with Crippen LogP contribution < -0.4 is 15.4 Å². The molecule has 0 saturated carbocycles. The maximum Gasteiger partial charge on any atom is 0.191 e. The van der Waals surface area contributed by atoms with Gasteiger partial charge in [-0.15, -0.1) is 24.0 Å². The van der Waals surface area contributed by atoms with E-state index in [1.54, 1.807) is 19.2 Å². The van der Waals surface area contributed by atoms with Gasteiger partial charge in [-0.05, 0) is 30.5 Å². The lowest BCUT2D eigenvalue weighted by Gasteiger charge is -2.18. The van der Waals surface area contributed by atoms with E-state index in [0.29, 0.717) is 24.8 Å². The molecule has 0 bridgehead atoms. The summed E-state index contributed by atoms with van der Waals surface area (Å²) in [5.74, 6) is 0.847. The molecule has 0 saturated heterocycles. The fourth-order valence-corrected chi connectivity index (χ4v) is 2.77. The van der Waals surface area contributed by atoms with E-state index < -0.39 is 0 Å². The number of halogens is 2. The van der Waals surface area contributed by atoms with Crippen molar-refractivity contribution >= 4 is 40.7 Å². The second kappa shape index (κ2) is 10.8. The zero-order valence-electron chi connectivity index (χ0n) is 15.9. The number of aliphatic imine (C=N–C) groups is 1. The third-order valence-corrected chi connectivity index (χ3v) is 4.09. The molecule has 1 aromatic heterocycles. The lowest BCUT2D eigenvalue weighted by atomic mass is 10.1. The summed E-state index contributed by atoms with van der Waals surface area (Å²) >= 11 is 0. The zero-order valence-corrected chi connectivity index (χ0v) is 18.2. The van der Waals surface area contributed by atoms with E-state index in [1.165, 1.54) is 12.1 Å². The molecule has 1 unspecified atom stereocenters. The Kier molecular flexibility index (Phi) is 8.43. The fourth-order valence-electron chi connectivity index (χ4n) is 2.77. The standard InChI is InChI=1S/C21H23FN4O.HI/c1-15(27-18-8-5-7-17(22)12-18)13-25-21(23-2)26-14-20-19-9-4-3-6-16(19)10-11-24-20;/h3-12,15H,13-14H2,1-2H3,(H2,23,25,26);1H. The minimum absolute atomic E-state index is 0. The Balaban J connectivity index is 0.00000280. The summed E-state index contributed by atoms with van der Waals surface area (Å²) in [6, 6.07) is 16.3. The van der Waals surface area contributed by atoms with Crippen molar-refractivity contribution in [2.45, 2.75) is 19.6 Å². The van der Waals surface area contributed by atoms with Crippen molar-refractivity contribution in [1.29, 1.82) is 0 Å². The quantitative estimate of drug-likeness (QED) is 0.308. The van der Waals surface area contributed by atoms with E-state index in [0.717, 1.165) is 16.5 Å². The minimum Gasteiger partial charge on any atom is -0.489 e. The third kappa shape index (κ3) is 6.05. The number of guanidine groups is 1. The highest BCUT2D eigenvalue weighted by Crippen LogP contribution is 2.16. The molecule has 1 atom stereocenters. The Labute approximate surface area is 181 Å². The molecule has 0 spiro atoms. The highest BCUT2D eigenvalue weighted by molar-refractivity contribution is 14.0. The van der Waals surface area contributed by atoms with Gasteiger partial charge in [-0.1, -0.05) is 30.3 Å². The smallest absolute Gasteiger partial charge is 0.191 e. The van der Waals surface area contributed by atoms with Gasteiger partial charge in [-0.3, -0.25) is 9.98 Å². The highest BCUT2D eigenvalue weighted by atomic mass is 127. The Morgan fingerprint density at radius 2 is 1.96 bits per heavy atom. The van der Waals surface area contributed by atoms with Crippen LogP contribution in [-0.4, -0.2) is 30.6 Å². The van der Waals surface area contributed by atoms with Gasteiger partial charge >= 0.3 is 0 Å². The van der Waals surface area contributed by atoms with Gasteiger partial charge in [0.25, 0.3) is 0 Å². The maximum absolute atomic E-state index is 13.2. The number of pyridine rings is 1. The summed E-state index contributed by atoms with van der Waals surface area (Å²) in [5, 5.41) is 8.76. The minimum atomic E-state index is -0.312. The lowest BCUT2D eigenvalue weighted by molar-refractivity contribution is 0.223. The van der Waals surface area contributed by atoms with Crippen LogP contribution in [0.5, 0.6) is 5.75 Å². The van der Waals surface area contributed by atoms with Gasteiger partial charge in [0.05, 0.1) is 18.8 Å². The Hall–Kier alpha value is -2.42. The molecule has 0 fully saturated rings. The molecular weight excluding hydrogens is 470 g/mol. The number of hydrogen-bond acceptors (Lipinski definition) is 3. The molecule has 0 aliphatic carbocycles. The van der Waals surface area contributed by atoms with Crippen LogP contribution in [0, 0.1) is 5.82 Å². The summed E-state index contributed by atoms with van der Waals surface area (Å²) in [6.07, 6.45) is 1.66. The number of aromatic nitrogens is 1. The molecule has 5 nitrogen and oxygen atoms in total. The summed E-state index contributed by atoms with van der Waals surface area (Å²) in [5.41, 5.74) is 0.958. The SMILES string of the molecule is CN=C(NCc1nccc2ccccc12)NCC(C)Oc1cccc(F)c1.I. The Morgan fingerprint density at radius 3 is 2.75 bits per heavy atom. The van der Waals surface area contributed by atoms with E-state index in [4.69, 9.17) is 4.74 Å². The summed E-state index contributed by atoms with van der Waals surface area (Å²) in [7, 11) is 1.71. The summed E-state index contributed by atoms with van der Waals surface area (Å²) in [4.78, 5) is 8.69. The van der Waals surface area contributed by atoms with Gasteiger partial charge in [0, 0.05) is 24.7 Å². The van der Waals surface area contributed by atoms with Crippen molar-refractivity contribution in [3.05, 3.63) is 72.3 Å². The predicted molar refractivity (Wildman–Crippen MR) is 122 cm³/mol. The van der Waals surface area contributed by atoms with Crippen LogP contribution >= 0.6 is 24.0 Å².